The van der Waals surface area contributed by atoms with Crippen molar-refractivity contribution in [3.05, 3.63) is 0 Å². The number of amides is 1. The maximum Gasteiger partial charge on any atom is 0.416 e. The highest BCUT2D eigenvalue weighted by atomic mass is 19.4. The summed E-state index contributed by atoms with van der Waals surface area (Å²) in [5.41, 5.74) is 0. The summed E-state index contributed by atoms with van der Waals surface area (Å²) in [4.78, 5) is 10.5. The lowest BCUT2D eigenvalue weighted by molar-refractivity contribution is -0.212. The molecule has 0 rings (SSSR count). The quantitative estimate of drug-likeness (QED) is 0.707. The number of nitrogens with one attached hydrogen (secondary N) is 1. The fourth-order valence-electron chi connectivity index (χ4n) is 0.893. The van der Waals surface area contributed by atoms with Crippen molar-refractivity contribution in [1.29, 1.82) is 0 Å². The second kappa shape index (κ2) is 4.45. The fraction of sp³-hybridized carbons (Fsp3) is 0.857. The molecule has 0 saturated heterocycles. The Morgan fingerprint density at radius 1 is 1.54 bits per heavy atom. The van der Waals surface area contributed by atoms with Crippen molar-refractivity contribution >= 4 is 5.91 Å². The van der Waals surface area contributed by atoms with Crippen LogP contribution < -0.4 is 5.32 Å². The molecule has 1 amide bonds. The van der Waals surface area contributed by atoms with Crippen LogP contribution in [0.2, 0.25) is 0 Å². The largest absolute Gasteiger partial charge is 0.416 e. The molecular formula is C7H12F3NO2. The Bertz CT molecular complexity index is 181. The molecule has 0 aliphatic heterocycles. The highest BCUT2D eigenvalue weighted by Gasteiger charge is 2.43. The average molecular weight is 199 g/mol. The number of aliphatic hydroxyl groups is 1. The number of hydrogen-bond donors (Lipinski definition) is 2. The summed E-state index contributed by atoms with van der Waals surface area (Å²) in [6.45, 7) is 2.56. The standard InChI is InChI=1S/C7H12F3NO2/c1-3-5(11-4(2)12)6(13)7(8,9)10/h5-6,13H,3H2,1-2H3,(H,11,12). The lowest BCUT2D eigenvalue weighted by Crippen LogP contribution is -2.49. The summed E-state index contributed by atoms with van der Waals surface area (Å²) >= 11 is 0. The van der Waals surface area contributed by atoms with E-state index >= 15 is 0 Å². The summed E-state index contributed by atoms with van der Waals surface area (Å²) < 4.78 is 35.8. The van der Waals surface area contributed by atoms with Gasteiger partial charge in [0.2, 0.25) is 5.91 Å². The van der Waals surface area contributed by atoms with E-state index < -0.39 is 24.2 Å². The van der Waals surface area contributed by atoms with Crippen LogP contribution in [-0.2, 0) is 4.79 Å². The number of carbonyl (C=O) groups is 1. The van der Waals surface area contributed by atoms with Gasteiger partial charge in [-0.05, 0) is 6.42 Å². The molecule has 0 fully saturated rings. The van der Waals surface area contributed by atoms with Gasteiger partial charge in [0.05, 0.1) is 6.04 Å². The summed E-state index contributed by atoms with van der Waals surface area (Å²) in [5, 5.41) is 10.8. The van der Waals surface area contributed by atoms with Gasteiger partial charge in [-0.1, -0.05) is 6.92 Å². The Morgan fingerprint density at radius 3 is 2.23 bits per heavy atom. The Hall–Kier alpha value is -0.780. The molecule has 13 heavy (non-hydrogen) atoms. The first-order chi connectivity index (χ1) is 5.79. The number of rotatable bonds is 3. The molecule has 0 aromatic heterocycles. The molecule has 0 aromatic carbocycles. The van der Waals surface area contributed by atoms with Gasteiger partial charge in [0.25, 0.3) is 0 Å². The van der Waals surface area contributed by atoms with Crippen LogP contribution in [0.25, 0.3) is 0 Å². The molecule has 3 nitrogen and oxygen atoms in total. The van der Waals surface area contributed by atoms with E-state index in [4.69, 9.17) is 5.11 Å². The molecule has 0 aliphatic carbocycles. The molecule has 0 heterocycles. The van der Waals surface area contributed by atoms with Gasteiger partial charge in [0.15, 0.2) is 6.10 Å². The zero-order chi connectivity index (χ0) is 10.6. The molecule has 2 unspecified atom stereocenters. The van der Waals surface area contributed by atoms with E-state index in [1.54, 1.807) is 0 Å². The van der Waals surface area contributed by atoms with Crippen molar-refractivity contribution in [3.8, 4) is 0 Å². The average Bonchev–Trinajstić information content (AvgIpc) is 1.96. The molecule has 0 aliphatic rings. The maximum absolute atomic E-state index is 11.9. The number of aliphatic hydroxyl groups excluding tert-OH is 1. The van der Waals surface area contributed by atoms with Crippen molar-refractivity contribution < 1.29 is 23.1 Å². The molecular weight excluding hydrogens is 187 g/mol. The van der Waals surface area contributed by atoms with Crippen molar-refractivity contribution in [2.45, 2.75) is 38.6 Å². The predicted octanol–water partition coefficient (Wildman–Crippen LogP) is 0.824. The third-order valence-corrected chi connectivity index (χ3v) is 1.54. The van der Waals surface area contributed by atoms with E-state index in [1.807, 2.05) is 5.32 Å². The number of carbonyl (C=O) groups excluding carboxylic acids is 1. The van der Waals surface area contributed by atoms with Crippen LogP contribution in [0.5, 0.6) is 0 Å². The molecule has 0 bridgehead atoms. The van der Waals surface area contributed by atoms with Gasteiger partial charge in [-0.15, -0.1) is 0 Å². The van der Waals surface area contributed by atoms with Gasteiger partial charge in [-0.25, -0.2) is 0 Å². The summed E-state index contributed by atoms with van der Waals surface area (Å²) in [7, 11) is 0. The summed E-state index contributed by atoms with van der Waals surface area (Å²) in [6.07, 6.45) is -7.16. The van der Waals surface area contributed by atoms with Gasteiger partial charge in [-0.2, -0.15) is 13.2 Å². The van der Waals surface area contributed by atoms with Gasteiger partial charge >= 0.3 is 6.18 Å². The first-order valence-corrected chi connectivity index (χ1v) is 3.81. The third-order valence-electron chi connectivity index (χ3n) is 1.54. The molecule has 0 radical (unpaired) electrons. The van der Waals surface area contributed by atoms with E-state index in [2.05, 4.69) is 0 Å². The number of hydrogen-bond acceptors (Lipinski definition) is 2. The van der Waals surface area contributed by atoms with Gasteiger partial charge < -0.3 is 10.4 Å². The molecule has 0 saturated carbocycles. The van der Waals surface area contributed by atoms with Gasteiger partial charge in [-0.3, -0.25) is 4.79 Å². The SMILES string of the molecule is CCC(NC(C)=O)C(O)C(F)(F)F. The topological polar surface area (TPSA) is 49.3 Å². The lowest BCUT2D eigenvalue weighted by atomic mass is 10.1. The minimum Gasteiger partial charge on any atom is -0.382 e. The molecule has 0 aromatic rings. The van der Waals surface area contributed by atoms with E-state index in [9.17, 15) is 18.0 Å². The summed E-state index contributed by atoms with van der Waals surface area (Å²) in [5.74, 6) is -0.588. The van der Waals surface area contributed by atoms with Crippen molar-refractivity contribution in [3.63, 3.8) is 0 Å². The Labute approximate surface area is 73.9 Å². The molecule has 2 N–H and O–H groups in total. The molecule has 2 atom stereocenters. The van der Waals surface area contributed by atoms with E-state index in [0.29, 0.717) is 0 Å². The highest BCUT2D eigenvalue weighted by molar-refractivity contribution is 5.73. The zero-order valence-electron chi connectivity index (χ0n) is 7.35. The van der Waals surface area contributed by atoms with Crippen LogP contribution >= 0.6 is 0 Å². The van der Waals surface area contributed by atoms with Crippen LogP contribution in [0.4, 0.5) is 13.2 Å². The maximum atomic E-state index is 11.9. The normalized spacial score (nSPS) is 16.5. The molecule has 0 spiro atoms. The Balaban J connectivity index is 4.31. The van der Waals surface area contributed by atoms with Crippen LogP contribution in [0.15, 0.2) is 0 Å². The molecule has 6 heteroatoms. The van der Waals surface area contributed by atoms with Crippen LogP contribution in [0.3, 0.4) is 0 Å². The Morgan fingerprint density at radius 2 is 2.00 bits per heavy atom. The minimum absolute atomic E-state index is 0.0280. The second-order valence-corrected chi connectivity index (χ2v) is 2.70. The molecule has 78 valence electrons. The van der Waals surface area contributed by atoms with E-state index in [0.717, 1.165) is 6.92 Å². The fourth-order valence-corrected chi connectivity index (χ4v) is 0.893. The van der Waals surface area contributed by atoms with Gasteiger partial charge in [0, 0.05) is 6.92 Å². The highest BCUT2D eigenvalue weighted by Crippen LogP contribution is 2.23. The second-order valence-electron chi connectivity index (χ2n) is 2.70. The smallest absolute Gasteiger partial charge is 0.382 e. The monoisotopic (exact) mass is 199 g/mol. The van der Waals surface area contributed by atoms with Crippen LogP contribution in [0.1, 0.15) is 20.3 Å². The van der Waals surface area contributed by atoms with Crippen LogP contribution in [0, 0.1) is 0 Å². The minimum atomic E-state index is -4.69. The first-order valence-electron chi connectivity index (χ1n) is 3.81. The predicted molar refractivity (Wildman–Crippen MR) is 40.0 cm³/mol. The summed E-state index contributed by atoms with van der Waals surface area (Å²) in [6, 6.07) is -1.27. The van der Waals surface area contributed by atoms with E-state index in [-0.39, 0.29) is 6.42 Å². The van der Waals surface area contributed by atoms with Crippen molar-refractivity contribution in [1.82, 2.24) is 5.32 Å². The lowest BCUT2D eigenvalue weighted by Gasteiger charge is -2.24. The van der Waals surface area contributed by atoms with Crippen molar-refractivity contribution in [2.75, 3.05) is 0 Å². The van der Waals surface area contributed by atoms with E-state index in [1.165, 1.54) is 6.92 Å². The van der Waals surface area contributed by atoms with Gasteiger partial charge in [0.1, 0.15) is 0 Å². The third kappa shape index (κ3) is 4.12. The number of halogens is 3. The van der Waals surface area contributed by atoms with Crippen LogP contribution in [-0.4, -0.2) is 29.3 Å². The number of alkyl halides is 3. The van der Waals surface area contributed by atoms with Crippen molar-refractivity contribution in [2.24, 2.45) is 0 Å². The Kier molecular flexibility index (Phi) is 4.19. The first kappa shape index (κ1) is 12.2. The zero-order valence-corrected chi connectivity index (χ0v) is 7.35.